The van der Waals surface area contributed by atoms with Crippen molar-refractivity contribution in [3.8, 4) is 0 Å². The predicted molar refractivity (Wildman–Crippen MR) is 113 cm³/mol. The molecule has 27 heavy (non-hydrogen) atoms. The molecule has 1 unspecified atom stereocenters. The van der Waals surface area contributed by atoms with Gasteiger partial charge in [-0.2, -0.15) is 0 Å². The number of Topliss-reactive ketones (excluding diaryl/α,β-unsaturated/α-hetero) is 1. The number of thioether (sulfide) groups is 1. The van der Waals surface area contributed by atoms with Crippen LogP contribution < -0.4 is 5.32 Å². The summed E-state index contributed by atoms with van der Waals surface area (Å²) < 4.78 is 0. The molecule has 0 bridgehead atoms. The number of rotatable bonds is 10. The van der Waals surface area contributed by atoms with Crippen molar-refractivity contribution in [2.24, 2.45) is 0 Å². The lowest BCUT2D eigenvalue weighted by Crippen LogP contribution is -2.35. The number of amides is 1. The van der Waals surface area contributed by atoms with Gasteiger partial charge in [0.1, 0.15) is 0 Å². The number of likely N-dealkylation sites (N-methyl/N-ethyl adjacent to an activating group) is 1. The molecular weight excluding hydrogens is 356 g/mol. The van der Waals surface area contributed by atoms with Crippen LogP contribution in [0, 0.1) is 0 Å². The summed E-state index contributed by atoms with van der Waals surface area (Å²) in [7, 11) is 4.02. The highest BCUT2D eigenvalue weighted by molar-refractivity contribution is 8.00. The lowest BCUT2D eigenvalue weighted by Gasteiger charge is -2.25. The van der Waals surface area contributed by atoms with Gasteiger partial charge >= 0.3 is 0 Å². The second-order valence-corrected chi connectivity index (χ2v) is 7.65. The summed E-state index contributed by atoms with van der Waals surface area (Å²) in [6.45, 7) is 2.68. The topological polar surface area (TPSA) is 49.4 Å². The highest BCUT2D eigenvalue weighted by atomic mass is 32.2. The van der Waals surface area contributed by atoms with Crippen molar-refractivity contribution in [1.29, 1.82) is 0 Å². The molecule has 2 rings (SSSR count). The summed E-state index contributed by atoms with van der Waals surface area (Å²) in [6.07, 6.45) is 1.02. The average molecular weight is 385 g/mol. The van der Waals surface area contributed by atoms with Crippen molar-refractivity contribution in [3.05, 3.63) is 71.3 Å². The first-order valence-corrected chi connectivity index (χ1v) is 10.3. The number of hydrogen-bond donors (Lipinski definition) is 1. The Kier molecular flexibility index (Phi) is 8.55. The number of nitrogens with zero attached hydrogens (tertiary/aromatic N) is 1. The Morgan fingerprint density at radius 2 is 1.67 bits per heavy atom. The van der Waals surface area contributed by atoms with Crippen molar-refractivity contribution >= 4 is 23.5 Å². The second-order valence-electron chi connectivity index (χ2n) is 6.66. The molecule has 1 atom stereocenters. The zero-order valence-corrected chi connectivity index (χ0v) is 17.1. The third-order valence-corrected chi connectivity index (χ3v) is 5.38. The fraction of sp³-hybridized carbons (Fsp3) is 0.364. The maximum Gasteiger partial charge on any atom is 0.230 e. The minimum Gasteiger partial charge on any atom is -0.353 e. The van der Waals surface area contributed by atoms with Crippen LogP contribution in [0.3, 0.4) is 0 Å². The third-order valence-electron chi connectivity index (χ3n) is 4.45. The summed E-state index contributed by atoms with van der Waals surface area (Å²) in [6, 6.07) is 17.8. The highest BCUT2D eigenvalue weighted by Gasteiger charge is 2.15. The zero-order valence-electron chi connectivity index (χ0n) is 16.3. The minimum absolute atomic E-state index is 0.0436. The Morgan fingerprint density at radius 3 is 2.26 bits per heavy atom. The van der Waals surface area contributed by atoms with Crippen molar-refractivity contribution in [1.82, 2.24) is 10.2 Å². The normalized spacial score (nSPS) is 12.0. The van der Waals surface area contributed by atoms with Crippen molar-refractivity contribution < 1.29 is 9.59 Å². The molecule has 0 aliphatic rings. The van der Waals surface area contributed by atoms with Gasteiger partial charge in [-0.3, -0.25) is 9.59 Å². The third kappa shape index (κ3) is 6.85. The van der Waals surface area contributed by atoms with E-state index in [0.717, 1.165) is 6.42 Å². The summed E-state index contributed by atoms with van der Waals surface area (Å²) in [5.74, 6) is 0.606. The number of carbonyl (C=O) groups is 2. The van der Waals surface area contributed by atoms with Gasteiger partial charge in [-0.1, -0.05) is 61.5 Å². The van der Waals surface area contributed by atoms with E-state index in [1.807, 2.05) is 32.3 Å². The van der Waals surface area contributed by atoms with Gasteiger partial charge in [-0.15, -0.1) is 11.8 Å². The molecule has 1 amide bonds. The van der Waals surface area contributed by atoms with E-state index in [-0.39, 0.29) is 23.5 Å². The molecule has 0 aromatic heterocycles. The lowest BCUT2D eigenvalue weighted by molar-refractivity contribution is -0.118. The SMILES string of the molecule is CCc1ccc(C(CNC(=O)CSCC(=O)c2ccccc2)N(C)C)cc1. The zero-order chi connectivity index (χ0) is 19.6. The van der Waals surface area contributed by atoms with Crippen molar-refractivity contribution in [2.45, 2.75) is 19.4 Å². The predicted octanol–water partition coefficient (Wildman–Crippen LogP) is 3.58. The molecule has 2 aromatic rings. The molecule has 0 fully saturated rings. The van der Waals surface area contributed by atoms with Crippen molar-refractivity contribution in [3.63, 3.8) is 0 Å². The Morgan fingerprint density at radius 1 is 1.00 bits per heavy atom. The molecule has 0 aliphatic carbocycles. The van der Waals surface area contributed by atoms with E-state index in [4.69, 9.17) is 0 Å². The number of benzene rings is 2. The van der Waals surface area contributed by atoms with Gasteiger partial charge in [-0.25, -0.2) is 0 Å². The molecule has 0 heterocycles. The fourth-order valence-electron chi connectivity index (χ4n) is 2.78. The Bertz CT molecular complexity index is 730. The molecule has 5 heteroatoms. The number of nitrogens with one attached hydrogen (secondary N) is 1. The van der Waals surface area contributed by atoms with E-state index in [1.54, 1.807) is 12.1 Å². The number of carbonyl (C=O) groups excluding carboxylic acids is 2. The first-order valence-electron chi connectivity index (χ1n) is 9.19. The minimum atomic E-state index is -0.0436. The Labute approximate surface area is 166 Å². The molecule has 144 valence electrons. The Hall–Kier alpha value is -2.11. The van der Waals surface area contributed by atoms with Gasteiger partial charge < -0.3 is 10.2 Å². The smallest absolute Gasteiger partial charge is 0.230 e. The van der Waals surface area contributed by atoms with Crippen LogP contribution in [-0.4, -0.2) is 48.7 Å². The van der Waals surface area contributed by atoms with Gasteiger partial charge in [-0.05, 0) is 31.6 Å². The molecule has 0 saturated carbocycles. The molecule has 4 nitrogen and oxygen atoms in total. The summed E-state index contributed by atoms with van der Waals surface area (Å²) in [5.41, 5.74) is 3.18. The van der Waals surface area contributed by atoms with Crippen LogP contribution in [0.5, 0.6) is 0 Å². The monoisotopic (exact) mass is 384 g/mol. The maximum atomic E-state index is 12.2. The summed E-state index contributed by atoms with van der Waals surface area (Å²) in [4.78, 5) is 26.3. The molecule has 0 saturated heterocycles. The van der Waals surface area contributed by atoms with E-state index < -0.39 is 0 Å². The van der Waals surface area contributed by atoms with Crippen LogP contribution in [0.2, 0.25) is 0 Å². The summed E-state index contributed by atoms with van der Waals surface area (Å²) in [5, 5.41) is 2.99. The number of ketones is 1. The molecule has 0 radical (unpaired) electrons. The quantitative estimate of drug-likeness (QED) is 0.636. The largest absolute Gasteiger partial charge is 0.353 e. The van der Waals surface area contributed by atoms with E-state index in [1.165, 1.54) is 22.9 Å². The molecule has 0 aliphatic heterocycles. The second kappa shape index (κ2) is 10.9. The van der Waals surface area contributed by atoms with Crippen LogP contribution in [-0.2, 0) is 11.2 Å². The Balaban J connectivity index is 1.79. The van der Waals surface area contributed by atoms with Crippen LogP contribution in [0.25, 0.3) is 0 Å². The fourth-order valence-corrected chi connectivity index (χ4v) is 3.52. The van der Waals surface area contributed by atoms with Crippen LogP contribution in [0.1, 0.15) is 34.5 Å². The molecular formula is C22H28N2O2S. The number of aryl methyl sites for hydroxylation is 1. The lowest BCUT2D eigenvalue weighted by atomic mass is 10.0. The molecule has 2 aromatic carbocycles. The van der Waals surface area contributed by atoms with E-state index in [0.29, 0.717) is 17.9 Å². The van der Waals surface area contributed by atoms with Gasteiger partial charge in [0, 0.05) is 12.1 Å². The van der Waals surface area contributed by atoms with Crippen LogP contribution in [0.4, 0.5) is 0 Å². The number of hydrogen-bond acceptors (Lipinski definition) is 4. The molecule has 0 spiro atoms. The van der Waals surface area contributed by atoms with E-state index in [9.17, 15) is 9.59 Å². The molecule has 1 N–H and O–H groups in total. The van der Waals surface area contributed by atoms with Gasteiger partial charge in [0.25, 0.3) is 0 Å². The van der Waals surface area contributed by atoms with Crippen LogP contribution in [0.15, 0.2) is 54.6 Å². The highest BCUT2D eigenvalue weighted by Crippen LogP contribution is 2.18. The summed E-state index contributed by atoms with van der Waals surface area (Å²) >= 11 is 1.35. The van der Waals surface area contributed by atoms with Gasteiger partial charge in [0.15, 0.2) is 5.78 Å². The standard InChI is InChI=1S/C22H28N2O2S/c1-4-17-10-12-18(13-11-17)20(24(2)3)14-23-22(26)16-27-15-21(25)19-8-6-5-7-9-19/h5-13,20H,4,14-16H2,1-3H3,(H,23,26). The average Bonchev–Trinajstić information content (AvgIpc) is 2.69. The first-order chi connectivity index (χ1) is 13.0. The van der Waals surface area contributed by atoms with E-state index >= 15 is 0 Å². The first kappa shape index (κ1) is 21.2. The van der Waals surface area contributed by atoms with Crippen molar-refractivity contribution in [2.75, 3.05) is 32.1 Å². The van der Waals surface area contributed by atoms with Gasteiger partial charge in [0.2, 0.25) is 5.91 Å². The van der Waals surface area contributed by atoms with E-state index in [2.05, 4.69) is 41.4 Å². The van der Waals surface area contributed by atoms with Crippen LogP contribution >= 0.6 is 11.8 Å². The maximum absolute atomic E-state index is 12.2. The van der Waals surface area contributed by atoms with Gasteiger partial charge in [0.05, 0.1) is 17.5 Å².